The lowest BCUT2D eigenvalue weighted by molar-refractivity contribution is 0.583. The number of nitrogens with one attached hydrogen (secondary N) is 2. The van der Waals surface area contributed by atoms with Gasteiger partial charge in [0, 0.05) is 41.5 Å². The number of rotatable bonds is 9. The molecule has 0 saturated carbocycles. The van der Waals surface area contributed by atoms with E-state index in [-0.39, 0.29) is 6.04 Å². The zero-order chi connectivity index (χ0) is 14.8. The zero-order valence-corrected chi connectivity index (χ0v) is 13.0. The molecular weight excluding hydrogens is 278 g/mol. The van der Waals surface area contributed by atoms with Gasteiger partial charge in [-0.1, -0.05) is 24.3 Å². The highest BCUT2D eigenvalue weighted by atomic mass is 32.2. The predicted molar refractivity (Wildman–Crippen MR) is 89.5 cm³/mol. The quantitative estimate of drug-likeness (QED) is 0.572. The van der Waals surface area contributed by atoms with Gasteiger partial charge >= 0.3 is 0 Å². The molecule has 1 heterocycles. The van der Waals surface area contributed by atoms with Crippen LogP contribution >= 0.6 is 11.8 Å². The first kappa shape index (κ1) is 16.0. The molecule has 0 aliphatic rings. The van der Waals surface area contributed by atoms with Crippen LogP contribution in [0.15, 0.2) is 59.6 Å². The fraction of sp³-hybridized carbons (Fsp3) is 0.353. The van der Waals surface area contributed by atoms with Crippen molar-refractivity contribution in [2.75, 3.05) is 18.8 Å². The van der Waals surface area contributed by atoms with Crippen molar-refractivity contribution in [1.82, 2.24) is 16.0 Å². The summed E-state index contributed by atoms with van der Waals surface area (Å²) < 4.78 is 0. The maximum Gasteiger partial charge on any atom is 0.0416 e. The largest absolute Gasteiger partial charge is 0.316 e. The van der Waals surface area contributed by atoms with Crippen molar-refractivity contribution in [3.8, 4) is 0 Å². The Morgan fingerprint density at radius 1 is 1.05 bits per heavy atom. The molecule has 0 amide bonds. The maximum atomic E-state index is 8.05. The molecule has 4 heteroatoms. The third kappa shape index (κ3) is 6.76. The monoisotopic (exact) mass is 300 g/mol. The van der Waals surface area contributed by atoms with E-state index in [2.05, 4.69) is 22.4 Å². The average Bonchev–Trinajstić information content (AvgIpc) is 2.54. The van der Waals surface area contributed by atoms with E-state index in [0.29, 0.717) is 0 Å². The first-order valence-electron chi connectivity index (χ1n) is 7.34. The minimum absolute atomic E-state index is 0.0162. The van der Waals surface area contributed by atoms with Gasteiger partial charge in [-0.3, -0.25) is 10.7 Å². The van der Waals surface area contributed by atoms with Gasteiger partial charge in [0.05, 0.1) is 0 Å². The van der Waals surface area contributed by atoms with Crippen molar-refractivity contribution in [1.29, 1.82) is 0 Å². The minimum atomic E-state index is -0.0162. The number of aromatic nitrogens is 1. The molecule has 111 valence electrons. The molecule has 0 aliphatic carbocycles. The predicted octanol–water partition coefficient (Wildman–Crippen LogP) is 3.05. The van der Waals surface area contributed by atoms with E-state index in [1.165, 1.54) is 4.90 Å². The van der Waals surface area contributed by atoms with Crippen LogP contribution < -0.4 is 11.1 Å². The van der Waals surface area contributed by atoms with E-state index in [0.717, 1.165) is 37.4 Å². The lowest BCUT2D eigenvalue weighted by Gasteiger charge is -2.11. The van der Waals surface area contributed by atoms with E-state index in [9.17, 15) is 0 Å². The Hall–Kier alpha value is -1.36. The van der Waals surface area contributed by atoms with Crippen LogP contribution in [-0.4, -0.2) is 29.9 Å². The lowest BCUT2D eigenvalue weighted by Crippen LogP contribution is -2.24. The van der Waals surface area contributed by atoms with Crippen LogP contribution in [0.3, 0.4) is 0 Å². The van der Waals surface area contributed by atoms with Gasteiger partial charge in [0.15, 0.2) is 0 Å². The highest BCUT2D eigenvalue weighted by Crippen LogP contribution is 2.18. The van der Waals surface area contributed by atoms with Crippen molar-refractivity contribution >= 4 is 11.8 Å². The van der Waals surface area contributed by atoms with Gasteiger partial charge in [0.2, 0.25) is 0 Å². The van der Waals surface area contributed by atoms with E-state index in [4.69, 9.17) is 5.73 Å². The van der Waals surface area contributed by atoms with E-state index < -0.39 is 0 Å². The third-order valence-corrected chi connectivity index (χ3v) is 4.32. The summed E-state index contributed by atoms with van der Waals surface area (Å²) in [6.45, 7) is 1.83. The summed E-state index contributed by atoms with van der Waals surface area (Å²) in [6, 6.07) is 16.3. The molecule has 2 N–H and O–H groups in total. The Balaban J connectivity index is 1.52. The van der Waals surface area contributed by atoms with Crippen LogP contribution in [0.25, 0.3) is 0 Å². The smallest absolute Gasteiger partial charge is 0.0416 e. The summed E-state index contributed by atoms with van der Waals surface area (Å²) in [6.07, 6.45) is 3.67. The Morgan fingerprint density at radius 3 is 2.62 bits per heavy atom. The second-order valence-corrected chi connectivity index (χ2v) is 6.02. The van der Waals surface area contributed by atoms with Gasteiger partial charge in [-0.05, 0) is 37.2 Å². The lowest BCUT2D eigenvalue weighted by atomic mass is 10.2. The Bertz CT molecular complexity index is 490. The van der Waals surface area contributed by atoms with Crippen molar-refractivity contribution in [3.05, 3.63) is 60.4 Å². The van der Waals surface area contributed by atoms with Crippen LogP contribution in [0.4, 0.5) is 0 Å². The summed E-state index contributed by atoms with van der Waals surface area (Å²) in [5.74, 6) is 0.853. The minimum Gasteiger partial charge on any atom is -0.316 e. The van der Waals surface area contributed by atoms with Gasteiger partial charge in [-0.25, -0.2) is 0 Å². The van der Waals surface area contributed by atoms with Gasteiger partial charge in [0.25, 0.3) is 0 Å². The van der Waals surface area contributed by atoms with Crippen LogP contribution in [0.2, 0.25) is 0 Å². The Morgan fingerprint density at radius 2 is 1.86 bits per heavy atom. The van der Waals surface area contributed by atoms with Crippen molar-refractivity contribution in [2.45, 2.75) is 23.8 Å². The fourth-order valence-corrected chi connectivity index (χ4v) is 2.87. The molecule has 1 aromatic carbocycles. The normalized spacial score (nSPS) is 12.2. The molecule has 1 radical (unpaired) electrons. The molecular formula is C17H22N3S. The molecule has 0 aliphatic heterocycles. The molecule has 3 nitrogen and oxygen atoms in total. The second kappa shape index (κ2) is 9.55. The molecule has 2 aromatic rings. The zero-order valence-electron chi connectivity index (χ0n) is 12.2. The van der Waals surface area contributed by atoms with Crippen molar-refractivity contribution in [3.63, 3.8) is 0 Å². The van der Waals surface area contributed by atoms with Gasteiger partial charge < -0.3 is 5.32 Å². The summed E-state index contributed by atoms with van der Waals surface area (Å²) in [5.41, 5.74) is 9.17. The highest BCUT2D eigenvalue weighted by molar-refractivity contribution is 7.99. The van der Waals surface area contributed by atoms with Gasteiger partial charge in [0.1, 0.15) is 0 Å². The number of hydrogen-bond donors (Lipinski definition) is 1. The molecule has 0 bridgehead atoms. The van der Waals surface area contributed by atoms with Crippen molar-refractivity contribution in [2.24, 2.45) is 0 Å². The first-order valence-corrected chi connectivity index (χ1v) is 8.33. The topological polar surface area (TPSA) is 48.7 Å². The van der Waals surface area contributed by atoms with E-state index in [1.54, 1.807) is 11.8 Å². The third-order valence-electron chi connectivity index (χ3n) is 3.15. The first-order chi connectivity index (χ1) is 10.3. The summed E-state index contributed by atoms with van der Waals surface area (Å²) >= 11 is 1.76. The number of nitrogens with zero attached hydrogens (tertiary/aromatic N) is 1. The van der Waals surface area contributed by atoms with Gasteiger partial charge in [-0.15, -0.1) is 11.8 Å². The second-order valence-electron chi connectivity index (χ2n) is 4.93. The standard InChI is InChI=1S/C17H22N3S/c18-15(14-21-17-7-2-1-3-8-17)9-12-19-13-10-16-6-4-5-11-20-16/h1-8,11,15,18-19H,9-10,12-14H2. The SMILES string of the molecule is [NH]C(CCNCCc1ccccn1)CSc1ccccc1. The number of benzene rings is 1. The number of pyridine rings is 1. The molecule has 2 rings (SSSR count). The Kier molecular flexibility index (Phi) is 7.29. The number of thioether (sulfide) groups is 1. The molecule has 1 unspecified atom stereocenters. The van der Waals surface area contributed by atoms with Crippen LogP contribution in [0.5, 0.6) is 0 Å². The van der Waals surface area contributed by atoms with Gasteiger partial charge in [-0.2, -0.15) is 0 Å². The average molecular weight is 300 g/mol. The van der Waals surface area contributed by atoms with Crippen LogP contribution in [-0.2, 0) is 6.42 Å². The number of hydrogen-bond acceptors (Lipinski definition) is 3. The van der Waals surface area contributed by atoms with Crippen LogP contribution in [0.1, 0.15) is 12.1 Å². The van der Waals surface area contributed by atoms with Crippen molar-refractivity contribution < 1.29 is 0 Å². The van der Waals surface area contributed by atoms with Crippen LogP contribution in [0, 0.1) is 0 Å². The summed E-state index contributed by atoms with van der Waals surface area (Å²) in [4.78, 5) is 5.54. The summed E-state index contributed by atoms with van der Waals surface area (Å²) in [7, 11) is 0. The maximum absolute atomic E-state index is 8.05. The van der Waals surface area contributed by atoms with E-state index >= 15 is 0 Å². The molecule has 1 atom stereocenters. The fourth-order valence-electron chi connectivity index (χ4n) is 1.96. The molecule has 0 fully saturated rings. The molecule has 0 saturated heterocycles. The molecule has 1 aromatic heterocycles. The molecule has 0 spiro atoms. The highest BCUT2D eigenvalue weighted by Gasteiger charge is 2.04. The Labute approximate surface area is 131 Å². The van der Waals surface area contributed by atoms with E-state index in [1.807, 2.05) is 42.6 Å². The molecule has 21 heavy (non-hydrogen) atoms. The summed E-state index contributed by atoms with van der Waals surface area (Å²) in [5, 5.41) is 3.39.